The molecule has 0 fully saturated rings. The molecule has 5 nitrogen and oxygen atoms in total. The molecule has 0 radical (unpaired) electrons. The van der Waals surface area contributed by atoms with Gasteiger partial charge in [0.25, 0.3) is 0 Å². The topological polar surface area (TPSA) is 75.9 Å². The van der Waals surface area contributed by atoms with Crippen LogP contribution in [-0.4, -0.2) is 9.97 Å². The van der Waals surface area contributed by atoms with Gasteiger partial charge >= 0.3 is 0 Å². The fourth-order valence-electron chi connectivity index (χ4n) is 2.03. The number of nitrogens with one attached hydrogen (secondary N) is 2. The first-order valence-corrected chi connectivity index (χ1v) is 7.78. The highest BCUT2D eigenvalue weighted by Gasteiger charge is 2.13. The highest BCUT2D eigenvalue weighted by Crippen LogP contribution is 2.30. The summed E-state index contributed by atoms with van der Waals surface area (Å²) in [7, 11) is 0. The van der Waals surface area contributed by atoms with Gasteiger partial charge in [-0.2, -0.15) is 0 Å². The first-order chi connectivity index (χ1) is 11.9. The molecule has 0 bridgehead atoms. The van der Waals surface area contributed by atoms with Crippen molar-refractivity contribution in [2.75, 3.05) is 16.4 Å². The molecule has 0 saturated heterocycles. The van der Waals surface area contributed by atoms with E-state index in [2.05, 4.69) is 36.5 Å². The van der Waals surface area contributed by atoms with E-state index in [9.17, 15) is 13.2 Å². The third kappa shape index (κ3) is 3.82. The molecular weight excluding hydrogens is 399 g/mol. The van der Waals surface area contributed by atoms with Crippen LogP contribution in [0.1, 0.15) is 0 Å². The normalized spacial score (nSPS) is 10.6. The number of halogens is 4. The summed E-state index contributed by atoms with van der Waals surface area (Å²) in [6, 6.07) is 7.36. The van der Waals surface area contributed by atoms with Gasteiger partial charge in [0.2, 0.25) is 0 Å². The van der Waals surface area contributed by atoms with Crippen molar-refractivity contribution in [2.24, 2.45) is 0 Å². The number of rotatable bonds is 4. The molecule has 1 heterocycles. The number of nitrogen functional groups attached to an aromatic ring is 1. The van der Waals surface area contributed by atoms with Gasteiger partial charge in [-0.05, 0) is 30.3 Å². The molecule has 4 N–H and O–H groups in total. The quantitative estimate of drug-likeness (QED) is 0.580. The number of nitrogens with two attached hydrogens (primary N) is 1. The number of hydrogen-bond acceptors (Lipinski definition) is 5. The largest absolute Gasteiger partial charge is 0.393 e. The van der Waals surface area contributed by atoms with Crippen LogP contribution in [-0.2, 0) is 0 Å². The van der Waals surface area contributed by atoms with Crippen molar-refractivity contribution in [1.82, 2.24) is 9.97 Å². The number of benzene rings is 2. The summed E-state index contributed by atoms with van der Waals surface area (Å²) in [6.07, 6.45) is 1.16. The standard InChI is InChI=1S/C16H11BrF3N5/c17-8-1-4-12(11(20)5-8)24-15-14(21)16(23-7-22-15)25-13-6-9(18)2-3-10(13)19/h1-7H,21H2,(H2,22,23,24,25). The Balaban J connectivity index is 1.91. The van der Waals surface area contributed by atoms with E-state index in [-0.39, 0.29) is 28.7 Å². The Labute approximate surface area is 149 Å². The van der Waals surface area contributed by atoms with Crippen LogP contribution in [0.25, 0.3) is 0 Å². The van der Waals surface area contributed by atoms with Crippen LogP contribution in [0.3, 0.4) is 0 Å². The van der Waals surface area contributed by atoms with Crippen molar-refractivity contribution in [3.8, 4) is 0 Å². The zero-order valence-electron chi connectivity index (χ0n) is 12.5. The summed E-state index contributed by atoms with van der Waals surface area (Å²) < 4.78 is 41.5. The molecule has 0 spiro atoms. The molecule has 0 aliphatic rings. The molecule has 3 aromatic rings. The summed E-state index contributed by atoms with van der Waals surface area (Å²) in [4.78, 5) is 7.85. The van der Waals surface area contributed by atoms with Crippen LogP contribution in [0.5, 0.6) is 0 Å². The molecule has 25 heavy (non-hydrogen) atoms. The van der Waals surface area contributed by atoms with Gasteiger partial charge in [0.05, 0.1) is 11.4 Å². The van der Waals surface area contributed by atoms with Crippen molar-refractivity contribution >= 4 is 44.6 Å². The monoisotopic (exact) mass is 409 g/mol. The minimum absolute atomic E-state index is 0.0217. The first kappa shape index (κ1) is 17.0. The average molecular weight is 410 g/mol. The maximum absolute atomic E-state index is 13.9. The molecule has 0 atom stereocenters. The maximum Gasteiger partial charge on any atom is 0.159 e. The zero-order chi connectivity index (χ0) is 18.0. The third-order valence-corrected chi connectivity index (χ3v) is 3.74. The molecule has 3 rings (SSSR count). The highest BCUT2D eigenvalue weighted by molar-refractivity contribution is 9.10. The van der Waals surface area contributed by atoms with Crippen LogP contribution < -0.4 is 16.4 Å². The molecule has 2 aromatic carbocycles. The Hall–Kier alpha value is -2.81. The summed E-state index contributed by atoms with van der Waals surface area (Å²) in [5, 5.41) is 5.34. The predicted octanol–water partition coefficient (Wildman–Crippen LogP) is 4.73. The van der Waals surface area contributed by atoms with Crippen LogP contribution in [0.2, 0.25) is 0 Å². The van der Waals surface area contributed by atoms with E-state index < -0.39 is 17.5 Å². The lowest BCUT2D eigenvalue weighted by molar-refractivity contribution is 0.603. The summed E-state index contributed by atoms with van der Waals surface area (Å²) in [6.45, 7) is 0. The molecular formula is C16H11BrF3N5. The third-order valence-electron chi connectivity index (χ3n) is 3.25. The Bertz CT molecular complexity index is 936. The molecule has 0 amide bonds. The van der Waals surface area contributed by atoms with Gasteiger partial charge in [0.1, 0.15) is 29.5 Å². The first-order valence-electron chi connectivity index (χ1n) is 6.98. The van der Waals surface area contributed by atoms with E-state index >= 15 is 0 Å². The van der Waals surface area contributed by atoms with Gasteiger partial charge in [0, 0.05) is 10.5 Å². The second-order valence-corrected chi connectivity index (χ2v) is 5.90. The van der Waals surface area contributed by atoms with Gasteiger partial charge in [-0.25, -0.2) is 23.1 Å². The van der Waals surface area contributed by atoms with Gasteiger partial charge in [-0.3, -0.25) is 0 Å². The Morgan fingerprint density at radius 1 is 0.840 bits per heavy atom. The fourth-order valence-corrected chi connectivity index (χ4v) is 2.37. The number of hydrogen-bond donors (Lipinski definition) is 3. The molecule has 128 valence electrons. The smallest absolute Gasteiger partial charge is 0.159 e. The molecule has 0 aliphatic carbocycles. The lowest BCUT2D eigenvalue weighted by Crippen LogP contribution is -2.06. The van der Waals surface area contributed by atoms with Crippen LogP contribution >= 0.6 is 15.9 Å². The minimum atomic E-state index is -0.673. The summed E-state index contributed by atoms with van der Waals surface area (Å²) in [5.74, 6) is -1.63. The van der Waals surface area contributed by atoms with Gasteiger partial charge in [-0.1, -0.05) is 15.9 Å². The van der Waals surface area contributed by atoms with Gasteiger partial charge < -0.3 is 16.4 Å². The van der Waals surface area contributed by atoms with Crippen molar-refractivity contribution in [2.45, 2.75) is 0 Å². The Morgan fingerprint density at radius 3 is 2.20 bits per heavy atom. The van der Waals surface area contributed by atoms with Gasteiger partial charge in [0.15, 0.2) is 11.6 Å². The second-order valence-electron chi connectivity index (χ2n) is 4.98. The highest BCUT2D eigenvalue weighted by atomic mass is 79.9. The van der Waals surface area contributed by atoms with E-state index in [0.717, 1.165) is 24.5 Å². The Kier molecular flexibility index (Phi) is 4.75. The molecule has 0 aliphatic heterocycles. The lowest BCUT2D eigenvalue weighted by Gasteiger charge is -2.13. The van der Waals surface area contributed by atoms with Crippen molar-refractivity contribution in [1.29, 1.82) is 0 Å². The van der Waals surface area contributed by atoms with Crippen LogP contribution in [0.15, 0.2) is 47.2 Å². The summed E-state index contributed by atoms with van der Waals surface area (Å²) in [5.41, 5.74) is 5.99. The second kappa shape index (κ2) is 6.98. The van der Waals surface area contributed by atoms with Crippen LogP contribution in [0.4, 0.5) is 41.9 Å². The minimum Gasteiger partial charge on any atom is -0.393 e. The SMILES string of the molecule is Nc1c(Nc2ccc(Br)cc2F)ncnc1Nc1cc(F)ccc1F. The van der Waals surface area contributed by atoms with E-state index in [4.69, 9.17) is 5.73 Å². The summed E-state index contributed by atoms with van der Waals surface area (Å²) >= 11 is 3.16. The van der Waals surface area contributed by atoms with E-state index in [0.29, 0.717) is 4.47 Å². The molecule has 9 heteroatoms. The van der Waals surface area contributed by atoms with Crippen molar-refractivity contribution in [3.05, 3.63) is 64.6 Å². The zero-order valence-corrected chi connectivity index (χ0v) is 14.1. The molecule has 0 saturated carbocycles. The lowest BCUT2D eigenvalue weighted by atomic mass is 10.2. The molecule has 1 aromatic heterocycles. The fraction of sp³-hybridized carbons (Fsp3) is 0. The maximum atomic E-state index is 13.9. The van der Waals surface area contributed by atoms with Crippen molar-refractivity contribution in [3.63, 3.8) is 0 Å². The van der Waals surface area contributed by atoms with Crippen LogP contribution in [0, 0.1) is 17.5 Å². The van der Waals surface area contributed by atoms with Gasteiger partial charge in [-0.15, -0.1) is 0 Å². The van der Waals surface area contributed by atoms with E-state index in [1.165, 1.54) is 12.1 Å². The predicted molar refractivity (Wildman–Crippen MR) is 93.5 cm³/mol. The van der Waals surface area contributed by atoms with Crippen molar-refractivity contribution < 1.29 is 13.2 Å². The van der Waals surface area contributed by atoms with E-state index in [1.807, 2.05) is 0 Å². The average Bonchev–Trinajstić information content (AvgIpc) is 2.57. The number of nitrogens with zero attached hydrogens (tertiary/aromatic N) is 2. The Morgan fingerprint density at radius 2 is 1.52 bits per heavy atom. The molecule has 0 unspecified atom stereocenters. The number of aromatic nitrogens is 2. The van der Waals surface area contributed by atoms with E-state index in [1.54, 1.807) is 6.07 Å². The number of anilines is 5.